The summed E-state index contributed by atoms with van der Waals surface area (Å²) in [6, 6.07) is 9.73. The molecule has 21 heavy (non-hydrogen) atoms. The summed E-state index contributed by atoms with van der Waals surface area (Å²) in [5.41, 5.74) is 1.08. The molecule has 0 aliphatic heterocycles. The number of carboxylic acids is 1. The molecule has 1 aromatic carbocycles. The monoisotopic (exact) mass is 315 g/mol. The summed E-state index contributed by atoms with van der Waals surface area (Å²) in [6.07, 6.45) is 0.557. The van der Waals surface area contributed by atoms with Gasteiger partial charge in [-0.1, -0.05) is 30.3 Å². The first-order valence-corrected chi connectivity index (χ1v) is 8.45. The molecule has 7 heteroatoms. The molecule has 0 unspecified atom stereocenters. The normalized spacial score (nSPS) is 11.4. The third kappa shape index (κ3) is 9.17. The molecule has 0 aromatic heterocycles. The quantitative estimate of drug-likeness (QED) is 0.602. The predicted molar refractivity (Wildman–Crippen MR) is 79.4 cm³/mol. The van der Waals surface area contributed by atoms with Gasteiger partial charge in [-0.3, -0.25) is 4.79 Å². The van der Waals surface area contributed by atoms with E-state index in [9.17, 15) is 13.2 Å². The molecule has 118 valence electrons. The first kappa shape index (κ1) is 17.6. The third-order valence-corrected chi connectivity index (χ3v) is 4.17. The van der Waals surface area contributed by atoms with Crippen molar-refractivity contribution in [3.8, 4) is 0 Å². The predicted octanol–water partition coefficient (Wildman–Crippen LogP) is 1.38. The van der Waals surface area contributed by atoms with Crippen LogP contribution in [0, 0.1) is 0 Å². The molecule has 1 aromatic rings. The Labute approximate surface area is 125 Å². The zero-order valence-electron chi connectivity index (χ0n) is 11.8. The molecule has 0 aliphatic carbocycles. The lowest BCUT2D eigenvalue weighted by Crippen LogP contribution is -2.28. The lowest BCUT2D eigenvalue weighted by atomic mass is 10.2. The molecule has 0 spiro atoms. The van der Waals surface area contributed by atoms with Gasteiger partial charge in [-0.25, -0.2) is 13.1 Å². The highest BCUT2D eigenvalue weighted by atomic mass is 32.2. The highest BCUT2D eigenvalue weighted by Crippen LogP contribution is 2.01. The van der Waals surface area contributed by atoms with E-state index in [-0.39, 0.29) is 18.6 Å². The molecule has 0 fully saturated rings. The van der Waals surface area contributed by atoms with Crippen LogP contribution >= 0.6 is 0 Å². The average molecular weight is 315 g/mol. The fourth-order valence-corrected chi connectivity index (χ4v) is 2.78. The fourth-order valence-electron chi connectivity index (χ4n) is 1.65. The van der Waals surface area contributed by atoms with Gasteiger partial charge in [0.1, 0.15) is 0 Å². The van der Waals surface area contributed by atoms with E-state index in [1.165, 1.54) is 0 Å². The number of ether oxygens (including phenoxy) is 1. The maximum absolute atomic E-state index is 11.5. The molecule has 0 heterocycles. The molecule has 0 saturated heterocycles. The van der Waals surface area contributed by atoms with Crippen LogP contribution in [0.3, 0.4) is 0 Å². The molecular formula is C14H21NO5S. The van der Waals surface area contributed by atoms with Crippen LogP contribution < -0.4 is 4.72 Å². The van der Waals surface area contributed by atoms with Gasteiger partial charge in [-0.05, 0) is 18.4 Å². The Morgan fingerprint density at radius 2 is 1.90 bits per heavy atom. The van der Waals surface area contributed by atoms with Crippen LogP contribution in [0.5, 0.6) is 0 Å². The molecule has 0 amide bonds. The lowest BCUT2D eigenvalue weighted by molar-refractivity contribution is -0.137. The van der Waals surface area contributed by atoms with Crippen LogP contribution in [0.15, 0.2) is 30.3 Å². The minimum atomic E-state index is -3.39. The second-order valence-corrected chi connectivity index (χ2v) is 6.53. The summed E-state index contributed by atoms with van der Waals surface area (Å²) in [5.74, 6) is -1.15. The third-order valence-electron chi connectivity index (χ3n) is 2.70. The van der Waals surface area contributed by atoms with Crippen LogP contribution in [0.2, 0.25) is 0 Å². The van der Waals surface area contributed by atoms with Crippen molar-refractivity contribution < 1.29 is 23.1 Å². The summed E-state index contributed by atoms with van der Waals surface area (Å²) >= 11 is 0. The summed E-state index contributed by atoms with van der Waals surface area (Å²) < 4.78 is 30.9. The van der Waals surface area contributed by atoms with Gasteiger partial charge < -0.3 is 9.84 Å². The van der Waals surface area contributed by atoms with Crippen molar-refractivity contribution >= 4 is 16.0 Å². The highest BCUT2D eigenvalue weighted by molar-refractivity contribution is 7.89. The number of aliphatic carboxylic acids is 1. The number of carbonyl (C=O) groups is 1. The Balaban J connectivity index is 2.06. The fraction of sp³-hybridized carbons (Fsp3) is 0.500. The van der Waals surface area contributed by atoms with Gasteiger partial charge in [-0.2, -0.15) is 0 Å². The Bertz CT molecular complexity index is 515. The van der Waals surface area contributed by atoms with E-state index in [1.807, 2.05) is 30.3 Å². The molecule has 0 saturated carbocycles. The minimum absolute atomic E-state index is 0.120. The Hall–Kier alpha value is -1.44. The van der Waals surface area contributed by atoms with Crippen molar-refractivity contribution in [3.63, 3.8) is 0 Å². The van der Waals surface area contributed by atoms with Crippen LogP contribution in [-0.2, 0) is 26.2 Å². The molecule has 0 radical (unpaired) electrons. The number of rotatable bonds is 11. The Morgan fingerprint density at radius 1 is 1.19 bits per heavy atom. The Kier molecular flexibility index (Phi) is 7.96. The van der Waals surface area contributed by atoms with Crippen molar-refractivity contribution in [2.45, 2.75) is 25.9 Å². The standard InChI is InChI=1S/C14H21NO5S/c16-14(17)8-4-11-21(18,19)15-9-5-10-20-12-13-6-2-1-3-7-13/h1-3,6-7,15H,4-5,8-12H2,(H,16,17). The topological polar surface area (TPSA) is 92.7 Å². The van der Waals surface area contributed by atoms with Gasteiger partial charge in [0, 0.05) is 19.6 Å². The maximum Gasteiger partial charge on any atom is 0.303 e. The molecule has 0 aliphatic rings. The van der Waals surface area contributed by atoms with E-state index < -0.39 is 16.0 Å². The van der Waals surface area contributed by atoms with Crippen LogP contribution in [0.25, 0.3) is 0 Å². The first-order chi connectivity index (χ1) is 9.99. The second-order valence-electron chi connectivity index (χ2n) is 4.60. The lowest BCUT2D eigenvalue weighted by Gasteiger charge is -2.07. The molecule has 1 rings (SSSR count). The van der Waals surface area contributed by atoms with Gasteiger partial charge in [0.15, 0.2) is 0 Å². The van der Waals surface area contributed by atoms with E-state index in [0.717, 1.165) is 5.56 Å². The van der Waals surface area contributed by atoms with E-state index >= 15 is 0 Å². The zero-order chi connectivity index (χ0) is 15.6. The second kappa shape index (κ2) is 9.49. The van der Waals surface area contributed by atoms with Crippen molar-refractivity contribution in [2.24, 2.45) is 0 Å². The maximum atomic E-state index is 11.5. The van der Waals surface area contributed by atoms with E-state index in [2.05, 4.69) is 4.72 Å². The number of hydrogen-bond donors (Lipinski definition) is 2. The zero-order valence-corrected chi connectivity index (χ0v) is 12.6. The van der Waals surface area contributed by atoms with E-state index in [1.54, 1.807) is 0 Å². The molecule has 2 N–H and O–H groups in total. The Morgan fingerprint density at radius 3 is 2.57 bits per heavy atom. The molecular weight excluding hydrogens is 294 g/mol. The molecule has 6 nitrogen and oxygen atoms in total. The van der Waals surface area contributed by atoms with Crippen molar-refractivity contribution in [1.82, 2.24) is 4.72 Å². The summed E-state index contributed by atoms with van der Waals surface area (Å²) in [6.45, 7) is 1.27. The van der Waals surface area contributed by atoms with E-state index in [0.29, 0.717) is 26.2 Å². The van der Waals surface area contributed by atoms with Crippen LogP contribution in [0.4, 0.5) is 0 Å². The van der Waals surface area contributed by atoms with Gasteiger partial charge in [-0.15, -0.1) is 0 Å². The SMILES string of the molecule is O=C(O)CCCS(=O)(=O)NCCCOCc1ccccc1. The van der Waals surface area contributed by atoms with Crippen LogP contribution in [-0.4, -0.2) is 38.4 Å². The molecule has 0 atom stereocenters. The number of nitrogens with one attached hydrogen (secondary N) is 1. The molecule has 0 bridgehead atoms. The van der Waals surface area contributed by atoms with Crippen molar-refractivity contribution in [3.05, 3.63) is 35.9 Å². The van der Waals surface area contributed by atoms with Gasteiger partial charge >= 0.3 is 5.97 Å². The largest absolute Gasteiger partial charge is 0.481 e. The number of benzene rings is 1. The first-order valence-electron chi connectivity index (χ1n) is 6.80. The van der Waals surface area contributed by atoms with Gasteiger partial charge in [0.05, 0.1) is 12.4 Å². The summed E-state index contributed by atoms with van der Waals surface area (Å²) in [5, 5.41) is 8.45. The summed E-state index contributed by atoms with van der Waals surface area (Å²) in [4.78, 5) is 10.3. The average Bonchev–Trinajstić information content (AvgIpc) is 2.43. The van der Waals surface area contributed by atoms with Crippen molar-refractivity contribution in [1.29, 1.82) is 0 Å². The van der Waals surface area contributed by atoms with Crippen molar-refractivity contribution in [2.75, 3.05) is 18.9 Å². The van der Waals surface area contributed by atoms with Gasteiger partial charge in [0.25, 0.3) is 0 Å². The highest BCUT2D eigenvalue weighted by Gasteiger charge is 2.10. The minimum Gasteiger partial charge on any atom is -0.481 e. The van der Waals surface area contributed by atoms with E-state index in [4.69, 9.17) is 9.84 Å². The van der Waals surface area contributed by atoms with Gasteiger partial charge in [0.2, 0.25) is 10.0 Å². The van der Waals surface area contributed by atoms with Crippen LogP contribution in [0.1, 0.15) is 24.8 Å². The number of hydrogen-bond acceptors (Lipinski definition) is 4. The smallest absolute Gasteiger partial charge is 0.303 e. The number of carboxylic acid groups (broad SMARTS) is 1. The summed E-state index contributed by atoms with van der Waals surface area (Å²) in [7, 11) is -3.39. The number of sulfonamides is 1.